The Hall–Kier alpha value is -2.08. The average Bonchev–Trinajstić information content (AvgIpc) is 2.26. The molecule has 0 amide bonds. The number of hydrogen-bond donors (Lipinski definition) is 3. The fraction of sp³-hybridized carbons (Fsp3) is 0.200. The molecule has 3 N–H and O–H groups in total. The molecular formula is C10H10O6. The van der Waals surface area contributed by atoms with Crippen LogP contribution in [0.3, 0.4) is 0 Å². The van der Waals surface area contributed by atoms with Crippen LogP contribution in [-0.4, -0.2) is 40.0 Å². The summed E-state index contributed by atoms with van der Waals surface area (Å²) in [5.74, 6) is -2.18. The number of carboxylic acid groups (broad SMARTS) is 2. The molecule has 0 heterocycles. The average molecular weight is 226 g/mol. The van der Waals surface area contributed by atoms with Gasteiger partial charge in [-0.3, -0.25) is 0 Å². The highest BCUT2D eigenvalue weighted by Gasteiger charge is 2.17. The minimum Gasteiger partial charge on any atom is -0.478 e. The van der Waals surface area contributed by atoms with Crippen LogP contribution in [0, 0.1) is 0 Å². The normalized spacial score (nSPS) is 11.8. The number of rotatable bonds is 5. The van der Waals surface area contributed by atoms with Crippen molar-refractivity contribution in [3.8, 4) is 5.75 Å². The number of carboxylic acids is 2. The molecule has 1 aromatic rings. The van der Waals surface area contributed by atoms with Gasteiger partial charge < -0.3 is 20.1 Å². The van der Waals surface area contributed by atoms with Gasteiger partial charge >= 0.3 is 11.9 Å². The summed E-state index contributed by atoms with van der Waals surface area (Å²) in [7, 11) is 0. The van der Waals surface area contributed by atoms with E-state index in [1.807, 2.05) is 0 Å². The van der Waals surface area contributed by atoms with Crippen LogP contribution in [0.15, 0.2) is 24.3 Å². The zero-order valence-corrected chi connectivity index (χ0v) is 8.16. The third kappa shape index (κ3) is 2.96. The van der Waals surface area contributed by atoms with Gasteiger partial charge in [0.25, 0.3) is 0 Å². The summed E-state index contributed by atoms with van der Waals surface area (Å²) in [6.07, 6.45) is -1.35. The Morgan fingerprint density at radius 2 is 1.75 bits per heavy atom. The molecule has 86 valence electrons. The lowest BCUT2D eigenvalue weighted by Crippen LogP contribution is -2.30. The minimum atomic E-state index is -1.35. The van der Waals surface area contributed by atoms with Crippen molar-refractivity contribution in [1.82, 2.24) is 0 Å². The van der Waals surface area contributed by atoms with Gasteiger partial charge in [-0.1, -0.05) is 0 Å². The van der Waals surface area contributed by atoms with Crippen LogP contribution < -0.4 is 4.74 Å². The molecule has 1 rings (SSSR count). The van der Waals surface area contributed by atoms with Gasteiger partial charge in [-0.15, -0.1) is 0 Å². The number of carbonyl (C=O) groups is 2. The minimum absolute atomic E-state index is 0.0724. The van der Waals surface area contributed by atoms with E-state index in [4.69, 9.17) is 20.1 Å². The molecule has 0 aliphatic carbocycles. The molecule has 6 nitrogen and oxygen atoms in total. The lowest BCUT2D eigenvalue weighted by Gasteiger charge is -2.12. The van der Waals surface area contributed by atoms with Crippen molar-refractivity contribution >= 4 is 11.9 Å². The molecule has 0 aromatic heterocycles. The van der Waals surface area contributed by atoms with Crippen LogP contribution in [-0.2, 0) is 4.79 Å². The second kappa shape index (κ2) is 5.13. The van der Waals surface area contributed by atoms with E-state index in [9.17, 15) is 9.59 Å². The molecule has 0 radical (unpaired) electrons. The molecule has 0 spiro atoms. The van der Waals surface area contributed by atoms with Gasteiger partial charge in [0, 0.05) is 0 Å². The Bertz CT molecular complexity index is 383. The Morgan fingerprint density at radius 1 is 1.19 bits per heavy atom. The molecule has 16 heavy (non-hydrogen) atoms. The second-order valence-corrected chi connectivity index (χ2v) is 2.96. The van der Waals surface area contributed by atoms with Gasteiger partial charge in [-0.25, -0.2) is 9.59 Å². The number of aliphatic carboxylic acids is 1. The molecule has 1 unspecified atom stereocenters. The lowest BCUT2D eigenvalue weighted by molar-refractivity contribution is -0.146. The maximum atomic E-state index is 10.5. The van der Waals surface area contributed by atoms with E-state index >= 15 is 0 Å². The van der Waals surface area contributed by atoms with E-state index in [0.717, 1.165) is 0 Å². The van der Waals surface area contributed by atoms with Gasteiger partial charge in [-0.2, -0.15) is 0 Å². The van der Waals surface area contributed by atoms with Crippen molar-refractivity contribution < 1.29 is 29.6 Å². The zero-order valence-electron chi connectivity index (χ0n) is 8.16. The number of aliphatic hydroxyl groups excluding tert-OH is 1. The van der Waals surface area contributed by atoms with Crippen molar-refractivity contribution in [3.05, 3.63) is 29.8 Å². The molecule has 1 aromatic carbocycles. The summed E-state index contributed by atoms with van der Waals surface area (Å²) in [6, 6.07) is 5.23. The van der Waals surface area contributed by atoms with Crippen LogP contribution in [0.2, 0.25) is 0 Å². The molecular weight excluding hydrogens is 216 g/mol. The molecule has 0 saturated heterocycles. The highest BCUT2D eigenvalue weighted by molar-refractivity contribution is 5.87. The van der Waals surface area contributed by atoms with Crippen LogP contribution in [0.25, 0.3) is 0 Å². The van der Waals surface area contributed by atoms with Gasteiger partial charge in [0.05, 0.1) is 12.2 Å². The second-order valence-electron chi connectivity index (χ2n) is 2.96. The first kappa shape index (κ1) is 12.0. The summed E-state index contributed by atoms with van der Waals surface area (Å²) >= 11 is 0. The summed E-state index contributed by atoms with van der Waals surface area (Å²) in [5, 5.41) is 25.9. The Kier molecular flexibility index (Phi) is 3.84. The topological polar surface area (TPSA) is 104 Å². The molecule has 6 heteroatoms. The van der Waals surface area contributed by atoms with Crippen molar-refractivity contribution in [1.29, 1.82) is 0 Å². The highest BCUT2D eigenvalue weighted by atomic mass is 16.5. The van der Waals surface area contributed by atoms with E-state index in [1.54, 1.807) is 0 Å². The number of hydrogen-bond acceptors (Lipinski definition) is 4. The van der Waals surface area contributed by atoms with Crippen LogP contribution in [0.4, 0.5) is 0 Å². The molecule has 1 atom stereocenters. The largest absolute Gasteiger partial charge is 0.478 e. The van der Waals surface area contributed by atoms with Crippen molar-refractivity contribution in [2.24, 2.45) is 0 Å². The van der Waals surface area contributed by atoms with Gasteiger partial charge in [-0.05, 0) is 24.3 Å². The lowest BCUT2D eigenvalue weighted by atomic mass is 10.2. The molecule has 0 fully saturated rings. The van der Waals surface area contributed by atoms with Gasteiger partial charge in [0.1, 0.15) is 5.75 Å². The number of aliphatic hydroxyl groups is 1. The monoisotopic (exact) mass is 226 g/mol. The van der Waals surface area contributed by atoms with Crippen LogP contribution in [0.1, 0.15) is 10.4 Å². The smallest absolute Gasteiger partial charge is 0.347 e. The molecule has 0 saturated carbocycles. The van der Waals surface area contributed by atoms with Crippen LogP contribution >= 0.6 is 0 Å². The van der Waals surface area contributed by atoms with E-state index < -0.39 is 24.6 Å². The number of aromatic carboxylic acids is 1. The highest BCUT2D eigenvalue weighted by Crippen LogP contribution is 2.14. The number of benzene rings is 1. The maximum Gasteiger partial charge on any atom is 0.347 e. The predicted octanol–water partition coefficient (Wildman–Crippen LogP) is 0.209. The fourth-order valence-electron chi connectivity index (χ4n) is 1.01. The summed E-state index contributed by atoms with van der Waals surface area (Å²) in [6.45, 7) is -0.657. The van der Waals surface area contributed by atoms with E-state index in [-0.39, 0.29) is 11.3 Å². The fourth-order valence-corrected chi connectivity index (χ4v) is 1.01. The first-order valence-corrected chi connectivity index (χ1v) is 4.38. The Balaban J connectivity index is 2.75. The SMILES string of the molecule is O=C(O)c1ccc(OC(CO)C(=O)O)cc1. The van der Waals surface area contributed by atoms with Gasteiger partial charge in [0.15, 0.2) is 0 Å². The van der Waals surface area contributed by atoms with Crippen molar-refractivity contribution in [2.45, 2.75) is 6.10 Å². The third-order valence-corrected chi connectivity index (χ3v) is 1.82. The maximum absolute atomic E-state index is 10.5. The first-order chi connectivity index (χ1) is 7.54. The molecule has 0 bridgehead atoms. The third-order valence-electron chi connectivity index (χ3n) is 1.82. The van der Waals surface area contributed by atoms with E-state index in [0.29, 0.717) is 0 Å². The van der Waals surface area contributed by atoms with Crippen molar-refractivity contribution in [3.63, 3.8) is 0 Å². The first-order valence-electron chi connectivity index (χ1n) is 4.38. The standard InChI is InChI=1S/C10H10O6/c11-5-8(10(14)15)16-7-3-1-6(2-4-7)9(12)13/h1-4,8,11H,5H2,(H,12,13)(H,14,15). The Labute approximate surface area is 90.7 Å². The zero-order chi connectivity index (χ0) is 12.1. The van der Waals surface area contributed by atoms with Crippen molar-refractivity contribution in [2.75, 3.05) is 6.61 Å². The molecule has 0 aliphatic heterocycles. The summed E-state index contributed by atoms with van der Waals surface area (Å²) in [4.78, 5) is 21.1. The van der Waals surface area contributed by atoms with E-state index in [2.05, 4.69) is 0 Å². The number of ether oxygens (including phenoxy) is 1. The molecule has 0 aliphatic rings. The quantitative estimate of drug-likeness (QED) is 0.663. The van der Waals surface area contributed by atoms with Gasteiger partial charge in [0.2, 0.25) is 6.10 Å². The summed E-state index contributed by atoms with van der Waals surface area (Å²) < 4.78 is 4.92. The predicted molar refractivity (Wildman–Crippen MR) is 52.5 cm³/mol. The summed E-state index contributed by atoms with van der Waals surface area (Å²) in [5.41, 5.74) is 0.0724. The van der Waals surface area contributed by atoms with Crippen LogP contribution in [0.5, 0.6) is 5.75 Å². The van der Waals surface area contributed by atoms with E-state index in [1.165, 1.54) is 24.3 Å². The Morgan fingerprint density at radius 3 is 2.12 bits per heavy atom.